The van der Waals surface area contributed by atoms with E-state index in [1.807, 2.05) is 4.90 Å². The highest BCUT2D eigenvalue weighted by Crippen LogP contribution is 2.30. The van der Waals surface area contributed by atoms with Crippen LogP contribution in [0.3, 0.4) is 0 Å². The van der Waals surface area contributed by atoms with Crippen molar-refractivity contribution in [3.63, 3.8) is 0 Å². The molecule has 2 aliphatic heterocycles. The zero-order valence-electron chi connectivity index (χ0n) is 17.0. The first-order chi connectivity index (χ1) is 14.6. The molecule has 1 aromatic carbocycles. The third kappa shape index (κ3) is 4.26. The van der Waals surface area contributed by atoms with Crippen molar-refractivity contribution in [3.8, 4) is 0 Å². The van der Waals surface area contributed by atoms with Gasteiger partial charge in [-0.25, -0.2) is 8.78 Å². The number of hydrogen-bond donors (Lipinski definition) is 1. The molecule has 162 valence electrons. The number of nitrogens with one attached hydrogen (secondary N) is 1. The predicted octanol–water partition coefficient (Wildman–Crippen LogP) is 3.94. The number of halogens is 2. The molecular weight excluding hydrogens is 394 g/mol. The number of ether oxygens (including phenoxy) is 1. The second kappa shape index (κ2) is 8.99. The van der Waals surface area contributed by atoms with E-state index < -0.39 is 17.5 Å². The Hall–Kier alpha value is -2.68. The largest absolute Gasteiger partial charge is 0.425 e. The highest BCUT2D eigenvalue weighted by Gasteiger charge is 2.26. The van der Waals surface area contributed by atoms with Crippen LogP contribution in [0.4, 0.5) is 26.2 Å². The van der Waals surface area contributed by atoms with Crippen LogP contribution in [0.2, 0.25) is 0 Å². The Balaban J connectivity index is 1.54. The molecule has 7 nitrogen and oxygen atoms in total. The zero-order chi connectivity index (χ0) is 21.1. The summed E-state index contributed by atoms with van der Waals surface area (Å²) in [7, 11) is 1.49. The molecule has 0 atom stereocenters. The monoisotopic (exact) mass is 420 g/mol. The first-order valence-corrected chi connectivity index (χ1v) is 10.4. The molecule has 2 aromatic rings. The summed E-state index contributed by atoms with van der Waals surface area (Å²) in [5.74, 6) is -1.70. The van der Waals surface area contributed by atoms with E-state index in [4.69, 9.17) is 9.15 Å². The molecular formula is C21H26F2N4O3. The maximum absolute atomic E-state index is 14.7. The fourth-order valence-electron chi connectivity index (χ4n) is 4.04. The van der Waals surface area contributed by atoms with Gasteiger partial charge >= 0.3 is 0 Å². The van der Waals surface area contributed by atoms with Gasteiger partial charge < -0.3 is 24.3 Å². The van der Waals surface area contributed by atoms with Crippen LogP contribution in [0, 0.1) is 11.6 Å². The third-order valence-corrected chi connectivity index (χ3v) is 5.50. The Kier molecular flexibility index (Phi) is 6.17. The maximum Gasteiger partial charge on any atom is 0.298 e. The average molecular weight is 420 g/mol. The number of carbonyl (C=O) groups is 1. The number of hydrogen-bond acceptors (Lipinski definition) is 6. The Bertz CT molecular complexity index is 883. The number of aromatic nitrogens is 1. The molecule has 0 unspecified atom stereocenters. The van der Waals surface area contributed by atoms with Gasteiger partial charge in [0.2, 0.25) is 0 Å². The minimum atomic E-state index is -0.692. The molecule has 0 spiro atoms. The van der Waals surface area contributed by atoms with Gasteiger partial charge in [0, 0.05) is 39.0 Å². The van der Waals surface area contributed by atoms with Crippen molar-refractivity contribution in [2.75, 3.05) is 48.4 Å². The lowest BCUT2D eigenvalue weighted by atomic mass is 10.1. The molecule has 30 heavy (non-hydrogen) atoms. The molecule has 0 aliphatic carbocycles. The van der Waals surface area contributed by atoms with E-state index in [2.05, 4.69) is 10.3 Å². The summed E-state index contributed by atoms with van der Waals surface area (Å²) in [5.41, 5.74) is 0.0510. The van der Waals surface area contributed by atoms with E-state index in [0.717, 1.165) is 57.3 Å². The summed E-state index contributed by atoms with van der Waals surface area (Å²) in [5, 5.41) is 2.54. The molecule has 0 radical (unpaired) electrons. The standard InChI is InChI=1S/C21H26F2N4O3/c1-29-13-17-18(25-21(30-17)27-9-5-6-10-27)20(28)24-14-11-15(22)19(16(23)12-14)26-7-3-2-4-8-26/h11-12H,2-10,13H2,1H3,(H,24,28). The molecule has 2 saturated heterocycles. The van der Waals surface area contributed by atoms with E-state index >= 15 is 0 Å². The minimum absolute atomic E-state index is 0.0323. The number of piperidine rings is 1. The number of methoxy groups -OCH3 is 1. The normalized spacial score (nSPS) is 16.9. The molecule has 9 heteroatoms. The van der Waals surface area contributed by atoms with E-state index in [1.54, 1.807) is 4.90 Å². The van der Waals surface area contributed by atoms with Crippen LogP contribution in [-0.4, -0.2) is 44.2 Å². The smallest absolute Gasteiger partial charge is 0.298 e. The minimum Gasteiger partial charge on any atom is -0.425 e. The SMILES string of the molecule is COCc1oc(N2CCCC2)nc1C(=O)Nc1cc(F)c(N2CCCCC2)c(F)c1. The lowest BCUT2D eigenvalue weighted by Gasteiger charge is -2.29. The van der Waals surface area contributed by atoms with Crippen LogP contribution in [0.15, 0.2) is 16.5 Å². The van der Waals surface area contributed by atoms with E-state index in [9.17, 15) is 13.6 Å². The van der Waals surface area contributed by atoms with Gasteiger partial charge in [0.15, 0.2) is 23.1 Å². The van der Waals surface area contributed by atoms with Crippen LogP contribution in [0.1, 0.15) is 48.4 Å². The number of carbonyl (C=O) groups excluding carboxylic acids is 1. The third-order valence-electron chi connectivity index (χ3n) is 5.50. The Morgan fingerprint density at radius 2 is 1.67 bits per heavy atom. The number of benzene rings is 1. The molecule has 1 N–H and O–H groups in total. The van der Waals surface area contributed by atoms with Gasteiger partial charge in [-0.15, -0.1) is 0 Å². The molecule has 1 aromatic heterocycles. The van der Waals surface area contributed by atoms with Crippen molar-refractivity contribution in [1.29, 1.82) is 0 Å². The highest BCUT2D eigenvalue weighted by molar-refractivity contribution is 6.03. The number of nitrogens with zero attached hydrogens (tertiary/aromatic N) is 3. The second-order valence-corrected chi connectivity index (χ2v) is 7.69. The molecule has 0 saturated carbocycles. The summed E-state index contributed by atoms with van der Waals surface area (Å²) in [6.45, 7) is 2.93. The van der Waals surface area contributed by atoms with E-state index in [1.165, 1.54) is 7.11 Å². The lowest BCUT2D eigenvalue weighted by molar-refractivity contribution is 0.101. The van der Waals surface area contributed by atoms with Gasteiger partial charge in [0.05, 0.1) is 0 Å². The van der Waals surface area contributed by atoms with Gasteiger partial charge in [-0.1, -0.05) is 0 Å². The quantitative estimate of drug-likeness (QED) is 0.763. The van der Waals surface area contributed by atoms with E-state index in [0.29, 0.717) is 19.1 Å². The van der Waals surface area contributed by atoms with Gasteiger partial charge in [-0.05, 0) is 44.2 Å². The fourth-order valence-corrected chi connectivity index (χ4v) is 4.04. The molecule has 3 heterocycles. The Labute approximate surface area is 174 Å². The molecule has 2 aliphatic rings. The van der Waals surface area contributed by atoms with Crippen LogP contribution in [0.5, 0.6) is 0 Å². The van der Waals surface area contributed by atoms with E-state index in [-0.39, 0.29) is 29.4 Å². The summed E-state index contributed by atoms with van der Waals surface area (Å²) in [6, 6.07) is 2.65. The highest BCUT2D eigenvalue weighted by atomic mass is 19.1. The van der Waals surface area contributed by atoms with Crippen LogP contribution < -0.4 is 15.1 Å². The fraction of sp³-hybridized carbons (Fsp3) is 0.524. The predicted molar refractivity (Wildman–Crippen MR) is 109 cm³/mol. The summed E-state index contributed by atoms with van der Waals surface area (Å²) >= 11 is 0. The van der Waals surface area contributed by atoms with Crippen molar-refractivity contribution in [1.82, 2.24) is 4.98 Å². The number of amides is 1. The lowest BCUT2D eigenvalue weighted by Crippen LogP contribution is -2.31. The zero-order valence-corrected chi connectivity index (χ0v) is 17.0. The topological polar surface area (TPSA) is 70.8 Å². The maximum atomic E-state index is 14.7. The van der Waals surface area contributed by atoms with Crippen molar-refractivity contribution >= 4 is 23.3 Å². The van der Waals surface area contributed by atoms with Crippen LogP contribution >= 0.6 is 0 Å². The van der Waals surface area contributed by atoms with Gasteiger partial charge in [-0.2, -0.15) is 4.98 Å². The molecule has 4 rings (SSSR count). The number of anilines is 3. The van der Waals surface area contributed by atoms with Crippen molar-refractivity contribution < 1.29 is 22.7 Å². The summed E-state index contributed by atoms with van der Waals surface area (Å²) in [6.07, 6.45) is 4.95. The van der Waals surface area contributed by atoms with Crippen molar-refractivity contribution in [2.45, 2.75) is 38.7 Å². The first kappa shape index (κ1) is 20.6. The van der Waals surface area contributed by atoms with Crippen molar-refractivity contribution in [3.05, 3.63) is 35.2 Å². The Morgan fingerprint density at radius 3 is 2.30 bits per heavy atom. The number of oxazole rings is 1. The molecule has 2 fully saturated rings. The van der Waals surface area contributed by atoms with Gasteiger partial charge in [0.25, 0.3) is 11.9 Å². The summed E-state index contributed by atoms with van der Waals surface area (Å²) < 4.78 is 40.2. The Morgan fingerprint density at radius 1 is 1.07 bits per heavy atom. The van der Waals surface area contributed by atoms with Crippen LogP contribution in [0.25, 0.3) is 0 Å². The molecule has 0 bridgehead atoms. The average Bonchev–Trinajstić information content (AvgIpc) is 3.38. The van der Waals surface area contributed by atoms with Crippen LogP contribution in [-0.2, 0) is 11.3 Å². The van der Waals surface area contributed by atoms with Gasteiger partial charge in [-0.3, -0.25) is 4.79 Å². The van der Waals surface area contributed by atoms with Gasteiger partial charge in [0.1, 0.15) is 12.3 Å². The summed E-state index contributed by atoms with van der Waals surface area (Å²) in [4.78, 5) is 20.8. The second-order valence-electron chi connectivity index (χ2n) is 7.69. The number of rotatable bonds is 6. The first-order valence-electron chi connectivity index (χ1n) is 10.4. The molecule has 1 amide bonds. The van der Waals surface area contributed by atoms with Crippen molar-refractivity contribution in [2.24, 2.45) is 0 Å².